The molecule has 2 rings (SSSR count). The summed E-state index contributed by atoms with van der Waals surface area (Å²) in [6, 6.07) is 12.6. The van der Waals surface area contributed by atoms with E-state index in [0.717, 1.165) is 11.3 Å². The Balaban J connectivity index is 1.96. The predicted octanol–water partition coefficient (Wildman–Crippen LogP) is 2.63. The lowest BCUT2D eigenvalue weighted by Crippen LogP contribution is -2.25. The number of hydrogen-bond donors (Lipinski definition) is 2. The maximum absolute atomic E-state index is 12.3. The van der Waals surface area contributed by atoms with Crippen LogP contribution in [-0.2, 0) is 11.2 Å². The van der Waals surface area contributed by atoms with E-state index in [4.69, 9.17) is 9.47 Å². The van der Waals surface area contributed by atoms with Crippen molar-refractivity contribution in [3.05, 3.63) is 53.6 Å². The molecule has 0 aliphatic carbocycles. The van der Waals surface area contributed by atoms with Gasteiger partial charge in [-0.1, -0.05) is 12.1 Å². The van der Waals surface area contributed by atoms with Crippen molar-refractivity contribution in [3.63, 3.8) is 0 Å². The van der Waals surface area contributed by atoms with Crippen molar-refractivity contribution in [3.8, 4) is 11.5 Å². The Morgan fingerprint density at radius 1 is 1.00 bits per heavy atom. The Bertz CT molecular complexity index is 742. The van der Waals surface area contributed by atoms with Crippen LogP contribution in [0.1, 0.15) is 22.8 Å². The van der Waals surface area contributed by atoms with Gasteiger partial charge in [0.15, 0.2) is 0 Å². The highest BCUT2D eigenvalue weighted by atomic mass is 16.5. The molecule has 0 aliphatic rings. The second-order valence-corrected chi connectivity index (χ2v) is 5.45. The molecule has 0 atom stereocenters. The molecule has 0 heterocycles. The molecular weight excluding hydrogens is 320 g/mol. The van der Waals surface area contributed by atoms with E-state index >= 15 is 0 Å². The van der Waals surface area contributed by atoms with Gasteiger partial charge in [0.2, 0.25) is 5.91 Å². The van der Waals surface area contributed by atoms with E-state index in [2.05, 4.69) is 10.6 Å². The lowest BCUT2D eigenvalue weighted by molar-refractivity contribution is -0.114. The van der Waals surface area contributed by atoms with E-state index in [1.54, 1.807) is 25.3 Å². The fraction of sp³-hybridized carbons (Fsp3) is 0.263. The molecule has 0 bridgehead atoms. The Labute approximate surface area is 147 Å². The van der Waals surface area contributed by atoms with E-state index in [0.29, 0.717) is 30.0 Å². The molecule has 2 aromatic rings. The Morgan fingerprint density at radius 3 is 2.32 bits per heavy atom. The molecular formula is C19H22N2O4. The van der Waals surface area contributed by atoms with Gasteiger partial charge in [-0.15, -0.1) is 0 Å². The first kappa shape index (κ1) is 18.3. The van der Waals surface area contributed by atoms with Crippen LogP contribution in [0.5, 0.6) is 11.5 Å². The molecule has 25 heavy (non-hydrogen) atoms. The number of carbonyl (C=O) groups excluding carboxylic acids is 2. The summed E-state index contributed by atoms with van der Waals surface area (Å²) in [5.41, 5.74) is 2.03. The van der Waals surface area contributed by atoms with Crippen LogP contribution in [0.3, 0.4) is 0 Å². The Hall–Kier alpha value is -3.02. The third-order valence-electron chi connectivity index (χ3n) is 3.63. The van der Waals surface area contributed by atoms with Crippen molar-refractivity contribution in [2.45, 2.75) is 13.3 Å². The molecule has 6 heteroatoms. The van der Waals surface area contributed by atoms with Crippen molar-refractivity contribution in [1.29, 1.82) is 0 Å². The molecule has 0 saturated carbocycles. The zero-order valence-corrected chi connectivity index (χ0v) is 14.6. The average Bonchev–Trinajstić information content (AvgIpc) is 2.61. The normalized spacial score (nSPS) is 10.0. The SMILES string of the molecule is COc1ccc(CCNC(=O)c2ccc(OC)c(NC(C)=O)c2)cc1. The second kappa shape index (κ2) is 8.73. The van der Waals surface area contributed by atoms with Crippen LogP contribution in [0, 0.1) is 0 Å². The molecule has 6 nitrogen and oxygen atoms in total. The minimum Gasteiger partial charge on any atom is -0.497 e. The number of ether oxygens (including phenoxy) is 2. The summed E-state index contributed by atoms with van der Waals surface area (Å²) in [7, 11) is 3.13. The Kier molecular flexibility index (Phi) is 6.39. The number of benzene rings is 2. The van der Waals surface area contributed by atoms with Gasteiger partial charge in [-0.25, -0.2) is 0 Å². The van der Waals surface area contributed by atoms with Gasteiger partial charge in [0, 0.05) is 19.0 Å². The van der Waals surface area contributed by atoms with Gasteiger partial charge in [0.1, 0.15) is 11.5 Å². The third-order valence-corrected chi connectivity index (χ3v) is 3.63. The summed E-state index contributed by atoms with van der Waals surface area (Å²) in [4.78, 5) is 23.5. The van der Waals surface area contributed by atoms with Crippen LogP contribution in [-0.4, -0.2) is 32.6 Å². The number of hydrogen-bond acceptors (Lipinski definition) is 4. The number of nitrogens with one attached hydrogen (secondary N) is 2. The van der Waals surface area contributed by atoms with E-state index in [-0.39, 0.29) is 11.8 Å². The molecule has 0 aromatic heterocycles. The smallest absolute Gasteiger partial charge is 0.251 e. The number of methoxy groups -OCH3 is 2. The second-order valence-electron chi connectivity index (χ2n) is 5.45. The summed E-state index contributed by atoms with van der Waals surface area (Å²) in [6.45, 7) is 1.91. The fourth-order valence-corrected chi connectivity index (χ4v) is 2.35. The monoisotopic (exact) mass is 342 g/mol. The summed E-state index contributed by atoms with van der Waals surface area (Å²) in [6.07, 6.45) is 0.713. The highest BCUT2D eigenvalue weighted by Gasteiger charge is 2.11. The first-order valence-electron chi connectivity index (χ1n) is 7.90. The van der Waals surface area contributed by atoms with Crippen LogP contribution < -0.4 is 20.1 Å². The van der Waals surface area contributed by atoms with Gasteiger partial charge in [0.25, 0.3) is 5.91 Å². The number of amides is 2. The standard InChI is InChI=1S/C19H22N2O4/c1-13(22)21-17-12-15(6-9-18(17)25-3)19(23)20-11-10-14-4-7-16(24-2)8-5-14/h4-9,12H,10-11H2,1-3H3,(H,20,23)(H,21,22). The summed E-state index contributed by atoms with van der Waals surface area (Å²) < 4.78 is 10.3. The van der Waals surface area contributed by atoms with Crippen LogP contribution >= 0.6 is 0 Å². The summed E-state index contributed by atoms with van der Waals surface area (Å²) in [5.74, 6) is 0.875. The quantitative estimate of drug-likeness (QED) is 0.811. The molecule has 0 radical (unpaired) electrons. The lowest BCUT2D eigenvalue weighted by atomic mass is 10.1. The predicted molar refractivity (Wildman–Crippen MR) is 96.3 cm³/mol. The van der Waals surface area contributed by atoms with Crippen LogP contribution in [0.25, 0.3) is 0 Å². The number of anilines is 1. The van der Waals surface area contributed by atoms with E-state index in [9.17, 15) is 9.59 Å². The minimum absolute atomic E-state index is 0.206. The molecule has 0 aliphatic heterocycles. The van der Waals surface area contributed by atoms with Gasteiger partial charge < -0.3 is 20.1 Å². The summed E-state index contributed by atoms with van der Waals surface area (Å²) in [5, 5.41) is 5.53. The molecule has 0 saturated heterocycles. The van der Waals surface area contributed by atoms with Crippen molar-refractivity contribution in [1.82, 2.24) is 5.32 Å². The van der Waals surface area contributed by atoms with Gasteiger partial charge >= 0.3 is 0 Å². The van der Waals surface area contributed by atoms with E-state index in [1.165, 1.54) is 14.0 Å². The fourth-order valence-electron chi connectivity index (χ4n) is 2.35. The highest BCUT2D eigenvalue weighted by Crippen LogP contribution is 2.25. The first-order chi connectivity index (χ1) is 12.0. The van der Waals surface area contributed by atoms with Crippen LogP contribution in [0.4, 0.5) is 5.69 Å². The maximum atomic E-state index is 12.3. The molecule has 0 unspecified atom stereocenters. The molecule has 2 aromatic carbocycles. The molecule has 132 valence electrons. The van der Waals surface area contributed by atoms with Gasteiger partial charge in [0.05, 0.1) is 19.9 Å². The summed E-state index contributed by atoms with van der Waals surface area (Å²) >= 11 is 0. The van der Waals surface area contributed by atoms with Crippen molar-refractivity contribution in [2.24, 2.45) is 0 Å². The van der Waals surface area contributed by atoms with E-state index in [1.807, 2.05) is 24.3 Å². The highest BCUT2D eigenvalue weighted by molar-refractivity contribution is 5.97. The minimum atomic E-state index is -0.227. The number of carbonyl (C=O) groups is 2. The zero-order valence-electron chi connectivity index (χ0n) is 14.6. The maximum Gasteiger partial charge on any atom is 0.251 e. The van der Waals surface area contributed by atoms with Crippen LogP contribution in [0.2, 0.25) is 0 Å². The first-order valence-corrected chi connectivity index (χ1v) is 7.90. The van der Waals surface area contributed by atoms with E-state index < -0.39 is 0 Å². The number of rotatable bonds is 7. The third kappa shape index (κ3) is 5.24. The largest absolute Gasteiger partial charge is 0.497 e. The molecule has 2 amide bonds. The molecule has 0 fully saturated rings. The zero-order chi connectivity index (χ0) is 18.2. The van der Waals surface area contributed by atoms with Crippen molar-refractivity contribution < 1.29 is 19.1 Å². The van der Waals surface area contributed by atoms with Crippen molar-refractivity contribution >= 4 is 17.5 Å². The Morgan fingerprint density at radius 2 is 1.72 bits per heavy atom. The average molecular weight is 342 g/mol. The lowest BCUT2D eigenvalue weighted by Gasteiger charge is -2.11. The van der Waals surface area contributed by atoms with Crippen molar-refractivity contribution in [2.75, 3.05) is 26.1 Å². The van der Waals surface area contributed by atoms with Gasteiger partial charge in [-0.05, 0) is 42.3 Å². The topological polar surface area (TPSA) is 76.7 Å². The molecule has 0 spiro atoms. The van der Waals surface area contributed by atoms with Crippen LogP contribution in [0.15, 0.2) is 42.5 Å². The molecule has 2 N–H and O–H groups in total. The van der Waals surface area contributed by atoms with Gasteiger partial charge in [-0.3, -0.25) is 9.59 Å². The van der Waals surface area contributed by atoms with Gasteiger partial charge in [-0.2, -0.15) is 0 Å².